The minimum Gasteiger partial charge on any atom is -0.480 e. The molecule has 0 aliphatic carbocycles. The molecule has 0 unspecified atom stereocenters. The lowest BCUT2D eigenvalue weighted by Gasteiger charge is -2.08. The maximum atomic E-state index is 11.0. The molecule has 1 rings (SSSR count). The monoisotopic (exact) mass is 198 g/mol. The SMILES string of the molecule is COc1nc(N)nc(OC)c1C(N)=O. The van der Waals surface area contributed by atoms with Crippen LogP contribution in [0.1, 0.15) is 10.4 Å². The number of rotatable bonds is 3. The first-order valence-corrected chi connectivity index (χ1v) is 3.65. The predicted molar refractivity (Wildman–Crippen MR) is 48.1 cm³/mol. The smallest absolute Gasteiger partial charge is 0.259 e. The van der Waals surface area contributed by atoms with Crippen LogP contribution in [0.25, 0.3) is 0 Å². The Kier molecular flexibility index (Phi) is 2.70. The molecule has 1 aromatic rings. The highest BCUT2D eigenvalue weighted by Crippen LogP contribution is 2.24. The Morgan fingerprint density at radius 2 is 1.64 bits per heavy atom. The van der Waals surface area contributed by atoms with Gasteiger partial charge in [0.2, 0.25) is 17.7 Å². The van der Waals surface area contributed by atoms with Crippen molar-refractivity contribution in [3.8, 4) is 11.8 Å². The van der Waals surface area contributed by atoms with E-state index in [1.54, 1.807) is 0 Å². The summed E-state index contributed by atoms with van der Waals surface area (Å²) in [5, 5.41) is 0. The van der Waals surface area contributed by atoms with Crippen molar-refractivity contribution in [2.24, 2.45) is 5.73 Å². The standard InChI is InChI=1S/C7H10N4O3/c1-13-5-3(4(8)12)6(14-2)11-7(9)10-5/h1-2H3,(H2,8,12)(H2,9,10,11). The van der Waals surface area contributed by atoms with E-state index >= 15 is 0 Å². The number of methoxy groups -OCH3 is 2. The van der Waals surface area contributed by atoms with E-state index in [2.05, 4.69) is 9.97 Å². The molecule has 0 saturated carbocycles. The Bertz CT molecular complexity index is 341. The normalized spacial score (nSPS) is 9.57. The van der Waals surface area contributed by atoms with Crippen LogP contribution in [-0.2, 0) is 0 Å². The summed E-state index contributed by atoms with van der Waals surface area (Å²) in [6.45, 7) is 0. The largest absolute Gasteiger partial charge is 0.480 e. The molecule has 0 aromatic carbocycles. The van der Waals surface area contributed by atoms with E-state index < -0.39 is 5.91 Å². The van der Waals surface area contributed by atoms with Crippen molar-refractivity contribution in [2.45, 2.75) is 0 Å². The van der Waals surface area contributed by atoms with Crippen molar-refractivity contribution in [1.29, 1.82) is 0 Å². The summed E-state index contributed by atoms with van der Waals surface area (Å²) in [7, 11) is 2.68. The van der Waals surface area contributed by atoms with E-state index in [1.165, 1.54) is 14.2 Å². The number of anilines is 1. The lowest BCUT2D eigenvalue weighted by Crippen LogP contribution is -2.16. The fourth-order valence-electron chi connectivity index (χ4n) is 0.943. The van der Waals surface area contributed by atoms with Gasteiger partial charge in [-0.05, 0) is 0 Å². The zero-order valence-corrected chi connectivity index (χ0v) is 7.77. The van der Waals surface area contributed by atoms with Crippen molar-refractivity contribution in [3.05, 3.63) is 5.56 Å². The van der Waals surface area contributed by atoms with Crippen LogP contribution in [0.15, 0.2) is 0 Å². The minimum atomic E-state index is -0.737. The number of nitrogen functional groups attached to an aromatic ring is 1. The zero-order chi connectivity index (χ0) is 10.7. The number of nitrogens with zero attached hydrogens (tertiary/aromatic N) is 2. The van der Waals surface area contributed by atoms with Gasteiger partial charge in [0.25, 0.3) is 5.91 Å². The fourth-order valence-corrected chi connectivity index (χ4v) is 0.943. The number of carbonyl (C=O) groups is 1. The van der Waals surface area contributed by atoms with Crippen LogP contribution in [0.3, 0.4) is 0 Å². The van der Waals surface area contributed by atoms with Crippen LogP contribution in [0.4, 0.5) is 5.95 Å². The second-order valence-electron chi connectivity index (χ2n) is 2.34. The fraction of sp³-hybridized carbons (Fsp3) is 0.286. The molecule has 0 aliphatic rings. The number of ether oxygens (including phenoxy) is 2. The van der Waals surface area contributed by atoms with Crippen LogP contribution in [0, 0.1) is 0 Å². The highest BCUT2D eigenvalue weighted by Gasteiger charge is 2.19. The van der Waals surface area contributed by atoms with Crippen molar-refractivity contribution in [3.63, 3.8) is 0 Å². The summed E-state index contributed by atoms with van der Waals surface area (Å²) < 4.78 is 9.64. The Balaban J connectivity index is 3.40. The quantitative estimate of drug-likeness (QED) is 0.655. The second kappa shape index (κ2) is 3.77. The summed E-state index contributed by atoms with van der Waals surface area (Å²) in [6, 6.07) is 0. The van der Waals surface area contributed by atoms with Crippen LogP contribution in [0.5, 0.6) is 11.8 Å². The Morgan fingerprint density at radius 1 is 1.21 bits per heavy atom. The van der Waals surface area contributed by atoms with E-state index in [9.17, 15) is 4.79 Å². The highest BCUT2D eigenvalue weighted by molar-refractivity contribution is 5.97. The maximum absolute atomic E-state index is 11.0. The molecule has 0 saturated heterocycles. The summed E-state index contributed by atoms with van der Waals surface area (Å²) in [6.07, 6.45) is 0. The van der Waals surface area contributed by atoms with Gasteiger partial charge in [-0.3, -0.25) is 4.79 Å². The van der Waals surface area contributed by atoms with E-state index in [-0.39, 0.29) is 23.3 Å². The first-order chi connectivity index (χ1) is 6.60. The minimum absolute atomic E-state index is 0.00171. The van der Waals surface area contributed by atoms with E-state index in [1.807, 2.05) is 0 Å². The Hall–Kier alpha value is -2.05. The molecule has 0 spiro atoms. The summed E-state index contributed by atoms with van der Waals surface area (Å²) >= 11 is 0. The van der Waals surface area contributed by atoms with Crippen molar-refractivity contribution < 1.29 is 14.3 Å². The molecular formula is C7H10N4O3. The molecule has 1 aromatic heterocycles. The molecule has 0 atom stereocenters. The van der Waals surface area contributed by atoms with Crippen LogP contribution >= 0.6 is 0 Å². The van der Waals surface area contributed by atoms with Crippen molar-refractivity contribution in [1.82, 2.24) is 9.97 Å². The van der Waals surface area contributed by atoms with Gasteiger partial charge in [-0.1, -0.05) is 0 Å². The average molecular weight is 198 g/mol. The first-order valence-electron chi connectivity index (χ1n) is 3.65. The van der Waals surface area contributed by atoms with E-state index in [0.29, 0.717) is 0 Å². The lowest BCUT2D eigenvalue weighted by atomic mass is 10.3. The summed E-state index contributed by atoms with van der Waals surface area (Å²) in [5.41, 5.74) is 10.4. The third-order valence-corrected chi connectivity index (χ3v) is 1.49. The molecular weight excluding hydrogens is 188 g/mol. The molecule has 76 valence electrons. The Morgan fingerprint density at radius 3 is 1.93 bits per heavy atom. The molecule has 14 heavy (non-hydrogen) atoms. The van der Waals surface area contributed by atoms with Crippen LogP contribution < -0.4 is 20.9 Å². The molecule has 0 radical (unpaired) electrons. The van der Waals surface area contributed by atoms with Gasteiger partial charge >= 0.3 is 0 Å². The van der Waals surface area contributed by atoms with Crippen LogP contribution in [-0.4, -0.2) is 30.1 Å². The van der Waals surface area contributed by atoms with Gasteiger partial charge in [-0.25, -0.2) is 0 Å². The number of hydrogen-bond donors (Lipinski definition) is 2. The van der Waals surface area contributed by atoms with Gasteiger partial charge in [-0.15, -0.1) is 0 Å². The zero-order valence-electron chi connectivity index (χ0n) is 7.77. The predicted octanol–water partition coefficient (Wildman–Crippen LogP) is -0.825. The van der Waals surface area contributed by atoms with Gasteiger partial charge in [0.15, 0.2) is 5.56 Å². The van der Waals surface area contributed by atoms with Gasteiger partial charge < -0.3 is 20.9 Å². The number of hydrogen-bond acceptors (Lipinski definition) is 6. The van der Waals surface area contributed by atoms with Gasteiger partial charge in [0.1, 0.15) is 0 Å². The van der Waals surface area contributed by atoms with E-state index in [0.717, 1.165) is 0 Å². The second-order valence-corrected chi connectivity index (χ2v) is 2.34. The molecule has 0 bridgehead atoms. The van der Waals surface area contributed by atoms with Crippen molar-refractivity contribution in [2.75, 3.05) is 20.0 Å². The lowest BCUT2D eigenvalue weighted by molar-refractivity contribution is 0.0992. The molecule has 1 amide bonds. The maximum Gasteiger partial charge on any atom is 0.259 e. The van der Waals surface area contributed by atoms with Gasteiger partial charge in [0.05, 0.1) is 14.2 Å². The molecule has 1 heterocycles. The summed E-state index contributed by atoms with van der Waals surface area (Å²) in [5.74, 6) is -0.786. The number of carbonyl (C=O) groups excluding carboxylic acids is 1. The first kappa shape index (κ1) is 10.0. The molecule has 4 N–H and O–H groups in total. The molecule has 0 aliphatic heterocycles. The highest BCUT2D eigenvalue weighted by atomic mass is 16.5. The van der Waals surface area contributed by atoms with Gasteiger partial charge in [-0.2, -0.15) is 9.97 Å². The molecule has 7 heteroatoms. The topological polar surface area (TPSA) is 113 Å². The third kappa shape index (κ3) is 1.65. The molecule has 7 nitrogen and oxygen atoms in total. The van der Waals surface area contributed by atoms with Crippen LogP contribution in [0.2, 0.25) is 0 Å². The van der Waals surface area contributed by atoms with Crippen molar-refractivity contribution >= 4 is 11.9 Å². The number of primary amides is 1. The third-order valence-electron chi connectivity index (χ3n) is 1.49. The van der Waals surface area contributed by atoms with E-state index in [4.69, 9.17) is 20.9 Å². The number of aromatic nitrogens is 2. The molecule has 0 fully saturated rings. The Labute approximate surface area is 80.0 Å². The number of nitrogens with two attached hydrogens (primary N) is 2. The average Bonchev–Trinajstić information content (AvgIpc) is 2.15. The van der Waals surface area contributed by atoms with Gasteiger partial charge in [0, 0.05) is 0 Å². The summed E-state index contributed by atoms with van der Waals surface area (Å²) in [4.78, 5) is 18.4. The number of amides is 1.